The van der Waals surface area contributed by atoms with Gasteiger partial charge in [0.1, 0.15) is 0 Å². The molecule has 0 bridgehead atoms. The van der Waals surface area contributed by atoms with Crippen LogP contribution in [0, 0.1) is 17.8 Å². The molecule has 1 aliphatic carbocycles. The Kier molecular flexibility index (Phi) is 3.70. The number of rotatable bonds is 3. The molecule has 15 heavy (non-hydrogen) atoms. The average molecular weight is 205 g/mol. The van der Waals surface area contributed by atoms with E-state index in [1.807, 2.05) is 6.92 Å². The van der Waals surface area contributed by atoms with Crippen molar-refractivity contribution in [3.05, 3.63) is 0 Å². The first-order valence-electron chi connectivity index (χ1n) is 6.52. The van der Waals surface area contributed by atoms with Crippen molar-refractivity contribution < 1.29 is 0 Å². The van der Waals surface area contributed by atoms with Crippen LogP contribution in [0.4, 0.5) is 0 Å². The van der Waals surface area contributed by atoms with Gasteiger partial charge in [0.05, 0.1) is 0 Å². The lowest BCUT2D eigenvalue weighted by Gasteiger charge is -2.34. The molecule has 0 aromatic rings. The molecule has 1 saturated carbocycles. The summed E-state index contributed by atoms with van der Waals surface area (Å²) in [5.74, 6) is 7.22. The fraction of sp³-hybridized carbons (Fsp3) is 0.857. The molecule has 0 spiro atoms. The Balaban J connectivity index is 1.96. The Hall–Kier alpha value is -0.480. The van der Waals surface area contributed by atoms with Gasteiger partial charge in [0.25, 0.3) is 0 Å². The normalized spacial score (nSPS) is 31.5. The van der Waals surface area contributed by atoms with Gasteiger partial charge in [0.15, 0.2) is 0 Å². The molecular weight excluding hydrogens is 182 g/mol. The van der Waals surface area contributed by atoms with Gasteiger partial charge in [-0.3, -0.25) is 0 Å². The minimum atomic E-state index is 0.473. The molecule has 0 radical (unpaired) electrons. The van der Waals surface area contributed by atoms with Crippen molar-refractivity contribution in [3.63, 3.8) is 0 Å². The second-order valence-electron chi connectivity index (χ2n) is 5.09. The van der Waals surface area contributed by atoms with E-state index in [2.05, 4.69) is 17.2 Å². The first-order valence-corrected chi connectivity index (χ1v) is 6.52. The second-order valence-corrected chi connectivity index (χ2v) is 5.09. The molecule has 84 valence electrons. The highest BCUT2D eigenvalue weighted by Gasteiger charge is 2.44. The zero-order valence-corrected chi connectivity index (χ0v) is 9.94. The van der Waals surface area contributed by atoms with E-state index in [-0.39, 0.29) is 0 Å². The van der Waals surface area contributed by atoms with Gasteiger partial charge >= 0.3 is 0 Å². The first kappa shape index (κ1) is 11.0. The topological polar surface area (TPSA) is 12.0 Å². The summed E-state index contributed by atoms with van der Waals surface area (Å²) in [5.41, 5.74) is 0.473. The molecule has 0 aromatic heterocycles. The van der Waals surface area contributed by atoms with Crippen LogP contribution in [-0.4, -0.2) is 12.1 Å². The molecule has 1 nitrogen and oxygen atoms in total. The Morgan fingerprint density at radius 2 is 2.13 bits per heavy atom. The maximum absolute atomic E-state index is 3.85. The fourth-order valence-corrected chi connectivity index (χ4v) is 2.98. The molecule has 1 N–H and O–H groups in total. The SMILES string of the molecule is CC#CCCC1(C2CC2)CCCCCN1. The zero-order chi connectivity index (χ0) is 10.6. The van der Waals surface area contributed by atoms with Crippen LogP contribution < -0.4 is 5.32 Å². The van der Waals surface area contributed by atoms with Crippen LogP contribution in [0.3, 0.4) is 0 Å². The van der Waals surface area contributed by atoms with Crippen LogP contribution in [0.2, 0.25) is 0 Å². The Bertz CT molecular complexity index is 246. The van der Waals surface area contributed by atoms with Crippen LogP contribution in [-0.2, 0) is 0 Å². The zero-order valence-electron chi connectivity index (χ0n) is 9.94. The highest BCUT2D eigenvalue weighted by atomic mass is 15.0. The summed E-state index contributed by atoms with van der Waals surface area (Å²) in [6.45, 7) is 3.18. The van der Waals surface area contributed by atoms with Gasteiger partial charge in [-0.2, -0.15) is 0 Å². The van der Waals surface area contributed by atoms with E-state index >= 15 is 0 Å². The number of nitrogens with one attached hydrogen (secondary N) is 1. The summed E-state index contributed by atoms with van der Waals surface area (Å²) >= 11 is 0. The van der Waals surface area contributed by atoms with Crippen molar-refractivity contribution >= 4 is 0 Å². The van der Waals surface area contributed by atoms with E-state index in [0.29, 0.717) is 5.54 Å². The molecule has 2 aliphatic rings. The molecule has 1 heterocycles. The van der Waals surface area contributed by atoms with E-state index < -0.39 is 0 Å². The van der Waals surface area contributed by atoms with Gasteiger partial charge in [-0.05, 0) is 51.5 Å². The standard InChI is InChI=1S/C14H23N/c1-2-3-5-10-14(13-8-9-13)11-6-4-7-12-15-14/h13,15H,4-12H2,1H3. The highest BCUT2D eigenvalue weighted by molar-refractivity contribution is 5.05. The quantitative estimate of drug-likeness (QED) is 0.698. The smallest absolute Gasteiger partial charge is 0.0218 e. The fourth-order valence-electron chi connectivity index (χ4n) is 2.98. The molecule has 2 rings (SSSR count). The summed E-state index contributed by atoms with van der Waals surface area (Å²) in [6.07, 6.45) is 10.9. The van der Waals surface area contributed by atoms with Crippen LogP contribution in [0.1, 0.15) is 58.3 Å². The number of hydrogen-bond acceptors (Lipinski definition) is 1. The van der Waals surface area contributed by atoms with Crippen molar-refractivity contribution in [1.29, 1.82) is 0 Å². The Labute approximate surface area is 94.0 Å². The van der Waals surface area contributed by atoms with E-state index in [4.69, 9.17) is 0 Å². The van der Waals surface area contributed by atoms with Crippen LogP contribution in [0.15, 0.2) is 0 Å². The largest absolute Gasteiger partial charge is 0.311 e. The van der Waals surface area contributed by atoms with E-state index in [0.717, 1.165) is 12.3 Å². The predicted molar refractivity (Wildman–Crippen MR) is 64.6 cm³/mol. The lowest BCUT2D eigenvalue weighted by atomic mass is 9.84. The van der Waals surface area contributed by atoms with Crippen molar-refractivity contribution in [2.45, 2.75) is 63.8 Å². The van der Waals surface area contributed by atoms with Crippen molar-refractivity contribution in [1.82, 2.24) is 5.32 Å². The minimum Gasteiger partial charge on any atom is -0.311 e. The lowest BCUT2D eigenvalue weighted by molar-refractivity contribution is 0.256. The van der Waals surface area contributed by atoms with Gasteiger partial charge in [-0.25, -0.2) is 0 Å². The van der Waals surface area contributed by atoms with Crippen LogP contribution >= 0.6 is 0 Å². The van der Waals surface area contributed by atoms with E-state index in [1.165, 1.54) is 51.5 Å². The molecule has 1 aliphatic heterocycles. The summed E-state index contributed by atoms with van der Waals surface area (Å²) in [4.78, 5) is 0. The third-order valence-electron chi connectivity index (χ3n) is 4.01. The van der Waals surface area contributed by atoms with Crippen molar-refractivity contribution in [3.8, 4) is 11.8 Å². The molecule has 0 amide bonds. The van der Waals surface area contributed by atoms with Crippen molar-refractivity contribution in [2.24, 2.45) is 5.92 Å². The molecule has 1 unspecified atom stereocenters. The summed E-state index contributed by atoms with van der Waals surface area (Å²) in [6, 6.07) is 0. The van der Waals surface area contributed by atoms with Gasteiger partial charge in [0, 0.05) is 12.0 Å². The van der Waals surface area contributed by atoms with Crippen molar-refractivity contribution in [2.75, 3.05) is 6.54 Å². The third-order valence-corrected chi connectivity index (χ3v) is 4.01. The lowest BCUT2D eigenvalue weighted by Crippen LogP contribution is -2.46. The Morgan fingerprint density at radius 3 is 2.87 bits per heavy atom. The van der Waals surface area contributed by atoms with Gasteiger partial charge in [-0.15, -0.1) is 11.8 Å². The summed E-state index contributed by atoms with van der Waals surface area (Å²) in [5, 5.41) is 3.85. The van der Waals surface area contributed by atoms with Crippen LogP contribution in [0.25, 0.3) is 0 Å². The van der Waals surface area contributed by atoms with Gasteiger partial charge in [-0.1, -0.05) is 12.8 Å². The second kappa shape index (κ2) is 5.03. The average Bonchev–Trinajstić information content (AvgIpc) is 3.06. The van der Waals surface area contributed by atoms with Crippen LogP contribution in [0.5, 0.6) is 0 Å². The predicted octanol–water partition coefficient (Wildman–Crippen LogP) is 3.10. The molecule has 0 aromatic carbocycles. The maximum atomic E-state index is 3.85. The molecule has 2 fully saturated rings. The van der Waals surface area contributed by atoms with Gasteiger partial charge in [0.2, 0.25) is 0 Å². The molecular formula is C14H23N. The molecule has 1 saturated heterocycles. The summed E-state index contributed by atoms with van der Waals surface area (Å²) < 4.78 is 0. The first-order chi connectivity index (χ1) is 7.37. The molecule has 1 heteroatoms. The highest BCUT2D eigenvalue weighted by Crippen LogP contribution is 2.45. The third kappa shape index (κ3) is 2.75. The monoisotopic (exact) mass is 205 g/mol. The number of hydrogen-bond donors (Lipinski definition) is 1. The van der Waals surface area contributed by atoms with Gasteiger partial charge < -0.3 is 5.32 Å². The minimum absolute atomic E-state index is 0.473. The van der Waals surface area contributed by atoms with E-state index in [9.17, 15) is 0 Å². The maximum Gasteiger partial charge on any atom is 0.0218 e. The molecule has 1 atom stereocenters. The van der Waals surface area contributed by atoms with E-state index in [1.54, 1.807) is 0 Å². The Morgan fingerprint density at radius 1 is 1.27 bits per heavy atom. The summed E-state index contributed by atoms with van der Waals surface area (Å²) in [7, 11) is 0.